The molecule has 0 aliphatic heterocycles. The number of benzene rings is 1. The molecule has 1 amide bonds. The van der Waals surface area contributed by atoms with Gasteiger partial charge in [0.25, 0.3) is 0 Å². The van der Waals surface area contributed by atoms with Gasteiger partial charge in [0.15, 0.2) is 0 Å². The van der Waals surface area contributed by atoms with Crippen LogP contribution < -0.4 is 5.32 Å². The second-order valence-corrected chi connectivity index (χ2v) is 10.0. The Hall–Kier alpha value is -1.84. The Balaban J connectivity index is 1.16. The molecular formula is C24H31NO3. The molecule has 1 aromatic carbocycles. The van der Waals surface area contributed by atoms with E-state index in [4.69, 9.17) is 4.74 Å². The molecule has 4 nitrogen and oxygen atoms in total. The fraction of sp³-hybridized carbons (Fsp3) is 0.667. The van der Waals surface area contributed by atoms with E-state index >= 15 is 0 Å². The number of esters is 1. The fourth-order valence-electron chi connectivity index (χ4n) is 6.89. The van der Waals surface area contributed by atoms with Crippen molar-refractivity contribution in [2.45, 2.75) is 64.2 Å². The Morgan fingerprint density at radius 2 is 1.50 bits per heavy atom. The Morgan fingerprint density at radius 3 is 2.07 bits per heavy atom. The van der Waals surface area contributed by atoms with E-state index in [0.717, 1.165) is 49.1 Å². The molecule has 0 heterocycles. The van der Waals surface area contributed by atoms with Gasteiger partial charge in [-0.2, -0.15) is 0 Å². The first-order valence-electron chi connectivity index (χ1n) is 11.2. The molecule has 5 aliphatic rings. The van der Waals surface area contributed by atoms with Crippen molar-refractivity contribution in [2.75, 3.05) is 11.9 Å². The van der Waals surface area contributed by atoms with Crippen LogP contribution >= 0.6 is 0 Å². The molecule has 5 saturated carbocycles. The molecule has 150 valence electrons. The fourth-order valence-corrected chi connectivity index (χ4v) is 6.89. The van der Waals surface area contributed by atoms with E-state index in [0.29, 0.717) is 12.2 Å². The summed E-state index contributed by atoms with van der Waals surface area (Å²) in [5.41, 5.74) is 1.58. The first kappa shape index (κ1) is 18.2. The Labute approximate surface area is 167 Å². The van der Waals surface area contributed by atoms with Crippen LogP contribution in [0.4, 0.5) is 5.69 Å². The van der Waals surface area contributed by atoms with Crippen LogP contribution in [-0.4, -0.2) is 18.5 Å². The molecule has 0 aromatic heterocycles. The summed E-state index contributed by atoms with van der Waals surface area (Å²) in [5.74, 6) is 2.62. The summed E-state index contributed by atoms with van der Waals surface area (Å²) in [6.07, 6.45) is 12.2. The Morgan fingerprint density at radius 1 is 0.929 bits per heavy atom. The minimum atomic E-state index is -0.232. The van der Waals surface area contributed by atoms with Crippen LogP contribution in [-0.2, 0) is 9.53 Å². The molecule has 6 rings (SSSR count). The Bertz CT molecular complexity index is 712. The van der Waals surface area contributed by atoms with E-state index in [1.165, 1.54) is 38.5 Å². The van der Waals surface area contributed by atoms with Crippen molar-refractivity contribution in [2.24, 2.45) is 29.1 Å². The molecular weight excluding hydrogens is 350 g/mol. The molecule has 0 unspecified atom stereocenters. The summed E-state index contributed by atoms with van der Waals surface area (Å²) in [5, 5.41) is 2.98. The molecule has 1 aromatic rings. The second kappa shape index (κ2) is 7.20. The van der Waals surface area contributed by atoms with Gasteiger partial charge in [0.05, 0.1) is 12.2 Å². The lowest BCUT2D eigenvalue weighted by Crippen LogP contribution is -2.48. The van der Waals surface area contributed by atoms with Crippen LogP contribution in [0.1, 0.15) is 74.6 Å². The monoisotopic (exact) mass is 381 g/mol. The summed E-state index contributed by atoms with van der Waals surface area (Å²) in [4.78, 5) is 24.8. The highest BCUT2D eigenvalue weighted by molar-refractivity contribution is 5.94. The number of anilines is 1. The van der Waals surface area contributed by atoms with E-state index in [1.807, 2.05) is 12.1 Å². The topological polar surface area (TPSA) is 55.4 Å². The smallest absolute Gasteiger partial charge is 0.338 e. The van der Waals surface area contributed by atoms with Crippen LogP contribution in [0.3, 0.4) is 0 Å². The highest BCUT2D eigenvalue weighted by Gasteiger charge is 2.51. The van der Waals surface area contributed by atoms with Crippen LogP contribution in [0.5, 0.6) is 0 Å². The highest BCUT2D eigenvalue weighted by Crippen LogP contribution is 2.60. The van der Waals surface area contributed by atoms with Crippen LogP contribution in [0.25, 0.3) is 0 Å². The van der Waals surface area contributed by atoms with Gasteiger partial charge in [0.2, 0.25) is 5.91 Å². The normalized spacial score (nSPS) is 33.8. The number of ether oxygens (including phenoxy) is 1. The first-order valence-corrected chi connectivity index (χ1v) is 11.2. The van der Waals surface area contributed by atoms with Gasteiger partial charge < -0.3 is 10.1 Å². The summed E-state index contributed by atoms with van der Waals surface area (Å²) >= 11 is 0. The maximum absolute atomic E-state index is 12.6. The SMILES string of the molecule is O=C(OCC12CC3CC(CC(C3)C1)C2)c1ccc(NC(=O)C2CCCC2)cc1. The number of carbonyl (C=O) groups excluding carboxylic acids is 2. The van der Waals surface area contributed by atoms with Gasteiger partial charge in [0, 0.05) is 17.0 Å². The van der Waals surface area contributed by atoms with E-state index in [2.05, 4.69) is 5.32 Å². The third-order valence-corrected chi connectivity index (χ3v) is 7.79. The standard InChI is InChI=1S/C24H31NO3/c26-22(19-3-1-2-4-19)25-21-7-5-20(6-8-21)23(27)28-15-24-12-16-9-17(13-24)11-18(10-16)14-24/h5-8,16-19H,1-4,9-15H2,(H,25,26). The first-order chi connectivity index (χ1) is 13.6. The average Bonchev–Trinajstić information content (AvgIpc) is 3.21. The van der Waals surface area contributed by atoms with Gasteiger partial charge in [-0.25, -0.2) is 4.79 Å². The van der Waals surface area contributed by atoms with Crippen molar-refractivity contribution >= 4 is 17.6 Å². The largest absolute Gasteiger partial charge is 0.462 e. The van der Waals surface area contributed by atoms with Crippen molar-refractivity contribution in [3.8, 4) is 0 Å². The number of amides is 1. The number of carbonyl (C=O) groups is 2. The van der Waals surface area contributed by atoms with E-state index in [9.17, 15) is 9.59 Å². The molecule has 1 N–H and O–H groups in total. The van der Waals surface area contributed by atoms with Crippen LogP contribution in [0.15, 0.2) is 24.3 Å². The third kappa shape index (κ3) is 3.58. The molecule has 0 spiro atoms. The van der Waals surface area contributed by atoms with Crippen LogP contribution in [0.2, 0.25) is 0 Å². The maximum atomic E-state index is 12.6. The van der Waals surface area contributed by atoms with Gasteiger partial charge in [-0.1, -0.05) is 12.8 Å². The predicted molar refractivity (Wildman–Crippen MR) is 108 cm³/mol. The van der Waals surface area contributed by atoms with Gasteiger partial charge in [-0.15, -0.1) is 0 Å². The molecule has 28 heavy (non-hydrogen) atoms. The Kier molecular flexibility index (Phi) is 4.68. The molecule has 5 fully saturated rings. The lowest BCUT2D eigenvalue weighted by atomic mass is 9.50. The second-order valence-electron chi connectivity index (χ2n) is 10.0. The number of nitrogens with one attached hydrogen (secondary N) is 1. The zero-order chi connectivity index (χ0) is 19.1. The van der Waals surface area contributed by atoms with Gasteiger partial charge in [0.1, 0.15) is 0 Å². The maximum Gasteiger partial charge on any atom is 0.338 e. The molecule has 0 saturated heterocycles. The number of rotatable bonds is 5. The van der Waals surface area contributed by atoms with Crippen LogP contribution in [0, 0.1) is 29.1 Å². The summed E-state index contributed by atoms with van der Waals surface area (Å²) in [7, 11) is 0. The van der Waals surface area contributed by atoms with Crippen molar-refractivity contribution < 1.29 is 14.3 Å². The van der Waals surface area contributed by atoms with Crippen molar-refractivity contribution in [1.82, 2.24) is 0 Å². The zero-order valence-electron chi connectivity index (χ0n) is 16.6. The molecule has 0 atom stereocenters. The zero-order valence-corrected chi connectivity index (χ0v) is 16.6. The highest BCUT2D eigenvalue weighted by atomic mass is 16.5. The van der Waals surface area contributed by atoms with Gasteiger partial charge in [-0.05, 0) is 93.4 Å². The van der Waals surface area contributed by atoms with E-state index < -0.39 is 0 Å². The predicted octanol–water partition coefficient (Wildman–Crippen LogP) is 5.19. The summed E-state index contributed by atoms with van der Waals surface area (Å²) in [6, 6.07) is 7.17. The van der Waals surface area contributed by atoms with Crippen molar-refractivity contribution in [3.63, 3.8) is 0 Å². The van der Waals surface area contributed by atoms with Gasteiger partial charge in [-0.3, -0.25) is 4.79 Å². The van der Waals surface area contributed by atoms with E-state index in [1.54, 1.807) is 12.1 Å². The number of hydrogen-bond acceptors (Lipinski definition) is 3. The molecule has 4 heteroatoms. The average molecular weight is 382 g/mol. The minimum absolute atomic E-state index is 0.106. The molecule has 4 bridgehead atoms. The quantitative estimate of drug-likeness (QED) is 0.714. The van der Waals surface area contributed by atoms with E-state index in [-0.39, 0.29) is 23.2 Å². The molecule has 0 radical (unpaired) electrons. The third-order valence-electron chi connectivity index (χ3n) is 7.79. The lowest BCUT2D eigenvalue weighted by Gasteiger charge is -2.56. The minimum Gasteiger partial charge on any atom is -0.462 e. The van der Waals surface area contributed by atoms with Crippen molar-refractivity contribution in [3.05, 3.63) is 29.8 Å². The van der Waals surface area contributed by atoms with Crippen molar-refractivity contribution in [1.29, 1.82) is 0 Å². The molecule has 5 aliphatic carbocycles. The lowest BCUT2D eigenvalue weighted by molar-refractivity contribution is -0.119. The summed E-state index contributed by atoms with van der Waals surface area (Å²) < 4.78 is 5.79. The summed E-state index contributed by atoms with van der Waals surface area (Å²) in [6.45, 7) is 0.579. The number of hydrogen-bond donors (Lipinski definition) is 1. The van der Waals surface area contributed by atoms with Gasteiger partial charge >= 0.3 is 5.97 Å².